The largest absolute Gasteiger partial charge is 0.393 e. The van der Waals surface area contributed by atoms with Crippen molar-refractivity contribution in [2.75, 3.05) is 39.4 Å². The van der Waals surface area contributed by atoms with Crippen molar-refractivity contribution < 1.29 is 14.6 Å². The van der Waals surface area contributed by atoms with E-state index in [0.717, 1.165) is 64.8 Å². The molecule has 0 radical (unpaired) electrons. The molecule has 44 heavy (non-hydrogen) atoms. The van der Waals surface area contributed by atoms with Gasteiger partial charge in [0.15, 0.2) is 0 Å². The Labute approximate surface area is 271 Å². The Morgan fingerprint density at radius 2 is 1.52 bits per heavy atom. The number of unbranched alkanes of at least 4 members (excludes halogenated alkanes) is 5. The molecule has 2 unspecified atom stereocenters. The first kappa shape index (κ1) is 36.6. The summed E-state index contributed by atoms with van der Waals surface area (Å²) in [5.41, 5.74) is 11.9. The van der Waals surface area contributed by atoms with E-state index in [1.54, 1.807) is 0 Å². The maximum Gasteiger partial charge on any atom is 0.0611 e. The van der Waals surface area contributed by atoms with Crippen LogP contribution in [0.15, 0.2) is 0 Å². The van der Waals surface area contributed by atoms with Gasteiger partial charge in [0.1, 0.15) is 0 Å². The van der Waals surface area contributed by atoms with Gasteiger partial charge in [0.05, 0.1) is 18.3 Å². The second-order valence-electron chi connectivity index (χ2n) is 16.1. The standard InChI is InChI=1S/C38H73N3O3/c1-5-6-7-8-9-10-21-41-22-11-14-28(2)31-15-16-32-36-33(27-35(42)38(31,32)4)37(3)18-17-30(43-23-12-19-39)25-29(37)26-34(36)44-24-13-20-40/h28-36,41-42H,5-27,39-40H2,1-4H3/t28-,29?,30-,31-,32+,33+,34-,35+,36?,37+,38-/m1/s1. The monoisotopic (exact) mass is 620 g/mol. The Kier molecular flexibility index (Phi) is 14.8. The first-order valence-corrected chi connectivity index (χ1v) is 19.3. The average Bonchev–Trinajstić information content (AvgIpc) is 3.37. The number of nitrogens with two attached hydrogens (primary N) is 2. The van der Waals surface area contributed by atoms with Gasteiger partial charge >= 0.3 is 0 Å². The lowest BCUT2D eigenvalue weighted by Gasteiger charge is -2.64. The molecule has 4 rings (SSSR count). The van der Waals surface area contributed by atoms with Crippen LogP contribution in [0.2, 0.25) is 0 Å². The molecule has 6 heteroatoms. The first-order valence-electron chi connectivity index (χ1n) is 19.3. The Hall–Kier alpha value is -0.240. The van der Waals surface area contributed by atoms with E-state index < -0.39 is 0 Å². The molecule has 0 aromatic carbocycles. The molecule has 258 valence electrons. The Morgan fingerprint density at radius 1 is 0.818 bits per heavy atom. The van der Waals surface area contributed by atoms with E-state index in [-0.39, 0.29) is 23.0 Å². The van der Waals surface area contributed by atoms with Crippen LogP contribution in [0, 0.1) is 46.3 Å². The molecule has 0 bridgehead atoms. The molecule has 4 saturated carbocycles. The number of aliphatic hydroxyl groups excluding tert-OH is 1. The van der Waals surface area contributed by atoms with Crippen molar-refractivity contribution in [2.24, 2.45) is 57.8 Å². The van der Waals surface area contributed by atoms with Gasteiger partial charge in [-0.2, -0.15) is 0 Å². The third kappa shape index (κ3) is 8.42. The first-order chi connectivity index (χ1) is 21.3. The zero-order chi connectivity index (χ0) is 31.6. The number of fused-ring (bicyclic) bond motifs is 5. The molecule has 6 nitrogen and oxygen atoms in total. The van der Waals surface area contributed by atoms with Crippen molar-refractivity contribution >= 4 is 0 Å². The van der Waals surface area contributed by atoms with Gasteiger partial charge in [-0.25, -0.2) is 0 Å². The summed E-state index contributed by atoms with van der Waals surface area (Å²) in [6.07, 6.45) is 21.1. The number of ether oxygens (including phenoxy) is 2. The van der Waals surface area contributed by atoms with Gasteiger partial charge in [0.2, 0.25) is 0 Å². The molecule has 0 spiro atoms. The van der Waals surface area contributed by atoms with Gasteiger partial charge in [-0.1, -0.05) is 59.8 Å². The van der Waals surface area contributed by atoms with E-state index in [4.69, 9.17) is 20.9 Å². The normalized spacial score (nSPS) is 39.1. The maximum absolute atomic E-state index is 12.1. The second kappa shape index (κ2) is 17.8. The summed E-state index contributed by atoms with van der Waals surface area (Å²) in [6.45, 7) is 15.1. The number of hydrogen-bond acceptors (Lipinski definition) is 6. The lowest BCUT2D eigenvalue weighted by Crippen LogP contribution is -2.62. The smallest absolute Gasteiger partial charge is 0.0611 e. The van der Waals surface area contributed by atoms with Crippen molar-refractivity contribution in [2.45, 2.75) is 155 Å². The predicted molar refractivity (Wildman–Crippen MR) is 183 cm³/mol. The van der Waals surface area contributed by atoms with E-state index in [2.05, 4.69) is 33.0 Å². The van der Waals surface area contributed by atoms with Gasteiger partial charge in [0.25, 0.3) is 0 Å². The van der Waals surface area contributed by atoms with E-state index >= 15 is 0 Å². The number of aliphatic hydroxyl groups is 1. The summed E-state index contributed by atoms with van der Waals surface area (Å²) in [5.74, 6) is 3.48. The summed E-state index contributed by atoms with van der Waals surface area (Å²) < 4.78 is 13.1. The Morgan fingerprint density at radius 3 is 2.27 bits per heavy atom. The number of rotatable bonds is 20. The SMILES string of the molecule is CCCCCCCCNCCC[C@@H](C)[C@H]1CC[C@H]2C3[C@H](OCCCN)CC4C[C@H](OCCCN)CC[C@]4(C)[C@H]3C[C@H](O)[C@]12C. The molecule has 4 aliphatic carbocycles. The molecule has 0 aromatic rings. The van der Waals surface area contributed by atoms with Crippen LogP contribution in [0.4, 0.5) is 0 Å². The summed E-state index contributed by atoms with van der Waals surface area (Å²) in [6, 6.07) is 0. The number of hydrogen-bond donors (Lipinski definition) is 4. The molecule has 6 N–H and O–H groups in total. The fourth-order valence-corrected chi connectivity index (χ4v) is 11.0. The molecular weight excluding hydrogens is 546 g/mol. The highest BCUT2D eigenvalue weighted by molar-refractivity contribution is 5.14. The zero-order valence-corrected chi connectivity index (χ0v) is 29.4. The fourth-order valence-electron chi connectivity index (χ4n) is 11.0. The lowest BCUT2D eigenvalue weighted by molar-refractivity contribution is -0.218. The second-order valence-corrected chi connectivity index (χ2v) is 16.1. The summed E-state index contributed by atoms with van der Waals surface area (Å²) in [5, 5.41) is 15.9. The molecule has 4 fully saturated rings. The topological polar surface area (TPSA) is 103 Å². The highest BCUT2D eigenvalue weighted by Crippen LogP contribution is 2.68. The van der Waals surface area contributed by atoms with Crippen LogP contribution in [-0.4, -0.2) is 62.8 Å². The van der Waals surface area contributed by atoms with Crippen LogP contribution < -0.4 is 16.8 Å². The highest BCUT2D eigenvalue weighted by atomic mass is 16.5. The van der Waals surface area contributed by atoms with Gasteiger partial charge in [-0.05, 0) is 150 Å². The fraction of sp³-hybridized carbons (Fsp3) is 1.00. The summed E-state index contributed by atoms with van der Waals surface area (Å²) >= 11 is 0. The minimum absolute atomic E-state index is 0.00624. The van der Waals surface area contributed by atoms with Crippen LogP contribution in [0.5, 0.6) is 0 Å². The Balaban J connectivity index is 1.38. The van der Waals surface area contributed by atoms with Crippen molar-refractivity contribution in [3.63, 3.8) is 0 Å². The highest BCUT2D eigenvalue weighted by Gasteiger charge is 2.66. The van der Waals surface area contributed by atoms with E-state index in [1.165, 1.54) is 70.6 Å². The molecule has 11 atom stereocenters. The van der Waals surface area contributed by atoms with E-state index in [0.29, 0.717) is 54.7 Å². The number of nitrogens with one attached hydrogen (secondary N) is 1. The Bertz CT molecular complexity index is 814. The molecule has 0 aliphatic heterocycles. The maximum atomic E-state index is 12.1. The molecule has 0 heterocycles. The van der Waals surface area contributed by atoms with E-state index in [1.807, 2.05) is 0 Å². The molecule has 0 amide bonds. The minimum Gasteiger partial charge on any atom is -0.393 e. The summed E-state index contributed by atoms with van der Waals surface area (Å²) in [4.78, 5) is 0. The van der Waals surface area contributed by atoms with Crippen molar-refractivity contribution in [3.8, 4) is 0 Å². The van der Waals surface area contributed by atoms with E-state index in [9.17, 15) is 5.11 Å². The van der Waals surface area contributed by atoms with Gasteiger partial charge in [0, 0.05) is 13.2 Å². The zero-order valence-electron chi connectivity index (χ0n) is 29.4. The molecule has 0 aromatic heterocycles. The average molecular weight is 620 g/mol. The van der Waals surface area contributed by atoms with Crippen molar-refractivity contribution in [1.82, 2.24) is 5.32 Å². The third-order valence-corrected chi connectivity index (χ3v) is 13.6. The van der Waals surface area contributed by atoms with Gasteiger partial charge < -0.3 is 31.4 Å². The van der Waals surface area contributed by atoms with Crippen molar-refractivity contribution in [3.05, 3.63) is 0 Å². The molecule has 4 aliphatic rings. The minimum atomic E-state index is -0.215. The molecule has 0 saturated heterocycles. The predicted octanol–water partition coefficient (Wildman–Crippen LogP) is 7.06. The van der Waals surface area contributed by atoms with Crippen molar-refractivity contribution in [1.29, 1.82) is 0 Å². The molecular formula is C38H73N3O3. The lowest BCUT2D eigenvalue weighted by atomic mass is 9.43. The van der Waals surface area contributed by atoms with Crippen LogP contribution in [0.25, 0.3) is 0 Å². The quantitative estimate of drug-likeness (QED) is 0.109. The van der Waals surface area contributed by atoms with Crippen LogP contribution in [0.3, 0.4) is 0 Å². The van der Waals surface area contributed by atoms with Gasteiger partial charge in [-0.15, -0.1) is 0 Å². The third-order valence-electron chi connectivity index (χ3n) is 13.6. The van der Waals surface area contributed by atoms with Gasteiger partial charge in [-0.3, -0.25) is 0 Å². The summed E-state index contributed by atoms with van der Waals surface area (Å²) in [7, 11) is 0. The van der Waals surface area contributed by atoms with Crippen LogP contribution >= 0.6 is 0 Å². The van der Waals surface area contributed by atoms with Crippen LogP contribution in [-0.2, 0) is 9.47 Å². The van der Waals surface area contributed by atoms with Crippen LogP contribution in [0.1, 0.15) is 137 Å².